The molecule has 0 aliphatic carbocycles. The van der Waals surface area contributed by atoms with Gasteiger partial charge in [-0.05, 0) is 36.4 Å². The standard InChI is InChI=1S/C19H20N2O3S2/c1-12-17(26-19(21-12)16-5-4-10-25-16)18(22)20-9-8-13-6-7-14(23-2)11-15(13)24-3/h4-7,10-11H,8-9H2,1-3H3,(H,20,22). The lowest BCUT2D eigenvalue weighted by Gasteiger charge is -2.10. The second kappa shape index (κ2) is 8.33. The SMILES string of the molecule is COc1ccc(CCNC(=O)c2sc(-c3cccs3)nc2C)c(OC)c1. The van der Waals surface area contributed by atoms with Gasteiger partial charge in [-0.1, -0.05) is 12.1 Å². The maximum absolute atomic E-state index is 12.5. The van der Waals surface area contributed by atoms with Crippen LogP contribution in [0, 0.1) is 6.92 Å². The van der Waals surface area contributed by atoms with Gasteiger partial charge in [-0.25, -0.2) is 4.98 Å². The third-order valence-corrected chi connectivity index (χ3v) is 6.10. The number of aromatic nitrogens is 1. The molecule has 0 aliphatic rings. The molecular formula is C19H20N2O3S2. The van der Waals surface area contributed by atoms with Gasteiger partial charge in [0.25, 0.3) is 5.91 Å². The van der Waals surface area contributed by atoms with E-state index in [1.807, 2.05) is 42.6 Å². The van der Waals surface area contributed by atoms with Gasteiger partial charge in [0.05, 0.1) is 24.8 Å². The minimum Gasteiger partial charge on any atom is -0.497 e. The number of nitrogens with zero attached hydrogens (tertiary/aromatic N) is 1. The summed E-state index contributed by atoms with van der Waals surface area (Å²) in [7, 11) is 3.25. The molecule has 0 radical (unpaired) electrons. The number of thiophene rings is 1. The van der Waals surface area contributed by atoms with Crippen LogP contribution in [0.3, 0.4) is 0 Å². The van der Waals surface area contributed by atoms with Gasteiger partial charge in [0.1, 0.15) is 21.4 Å². The van der Waals surface area contributed by atoms with Gasteiger partial charge in [0.15, 0.2) is 0 Å². The molecular weight excluding hydrogens is 368 g/mol. The van der Waals surface area contributed by atoms with E-state index in [1.54, 1.807) is 25.6 Å². The molecule has 0 saturated heterocycles. The second-order valence-electron chi connectivity index (χ2n) is 5.59. The number of carbonyl (C=O) groups excluding carboxylic acids is 1. The molecule has 0 aliphatic heterocycles. The van der Waals surface area contributed by atoms with E-state index in [9.17, 15) is 4.79 Å². The lowest BCUT2D eigenvalue weighted by atomic mass is 10.1. The van der Waals surface area contributed by atoms with Crippen molar-refractivity contribution in [2.75, 3.05) is 20.8 Å². The van der Waals surface area contributed by atoms with Crippen LogP contribution in [0.2, 0.25) is 0 Å². The Bertz CT molecular complexity index is 888. The van der Waals surface area contributed by atoms with Crippen LogP contribution in [0.4, 0.5) is 0 Å². The van der Waals surface area contributed by atoms with Crippen LogP contribution < -0.4 is 14.8 Å². The normalized spacial score (nSPS) is 10.6. The molecule has 5 nitrogen and oxygen atoms in total. The second-order valence-corrected chi connectivity index (χ2v) is 7.54. The van der Waals surface area contributed by atoms with Crippen molar-refractivity contribution in [1.29, 1.82) is 0 Å². The average Bonchev–Trinajstić information content (AvgIpc) is 3.31. The molecule has 0 fully saturated rings. The van der Waals surface area contributed by atoms with Gasteiger partial charge in [0, 0.05) is 12.6 Å². The first kappa shape index (κ1) is 18.4. The molecule has 3 rings (SSSR count). The van der Waals surface area contributed by atoms with Crippen molar-refractivity contribution in [3.63, 3.8) is 0 Å². The maximum Gasteiger partial charge on any atom is 0.263 e. The summed E-state index contributed by atoms with van der Waals surface area (Å²) in [6.45, 7) is 2.39. The average molecular weight is 389 g/mol. The fraction of sp³-hybridized carbons (Fsp3) is 0.263. The molecule has 0 spiro atoms. The third-order valence-electron chi connectivity index (χ3n) is 3.91. The smallest absolute Gasteiger partial charge is 0.263 e. The van der Waals surface area contributed by atoms with E-state index in [0.29, 0.717) is 17.8 Å². The number of hydrogen-bond donors (Lipinski definition) is 1. The molecule has 136 valence electrons. The maximum atomic E-state index is 12.5. The van der Waals surface area contributed by atoms with Crippen molar-refractivity contribution in [2.24, 2.45) is 0 Å². The zero-order valence-corrected chi connectivity index (χ0v) is 16.5. The summed E-state index contributed by atoms with van der Waals surface area (Å²) in [6.07, 6.45) is 0.675. The van der Waals surface area contributed by atoms with Crippen LogP contribution >= 0.6 is 22.7 Å². The highest BCUT2D eigenvalue weighted by atomic mass is 32.1. The molecule has 7 heteroatoms. The van der Waals surface area contributed by atoms with Crippen molar-refractivity contribution in [2.45, 2.75) is 13.3 Å². The molecule has 26 heavy (non-hydrogen) atoms. The van der Waals surface area contributed by atoms with Crippen molar-refractivity contribution in [3.05, 3.63) is 51.8 Å². The van der Waals surface area contributed by atoms with E-state index in [2.05, 4.69) is 10.3 Å². The van der Waals surface area contributed by atoms with E-state index in [1.165, 1.54) is 11.3 Å². The Morgan fingerprint density at radius 3 is 2.77 bits per heavy atom. The molecule has 1 amide bonds. The quantitative estimate of drug-likeness (QED) is 0.660. The van der Waals surface area contributed by atoms with Gasteiger partial charge in [-0.15, -0.1) is 22.7 Å². The first-order valence-electron chi connectivity index (χ1n) is 8.12. The number of carbonyl (C=O) groups is 1. The Hall–Kier alpha value is -2.38. The van der Waals surface area contributed by atoms with Crippen molar-refractivity contribution >= 4 is 28.6 Å². The van der Waals surface area contributed by atoms with Crippen LogP contribution in [-0.2, 0) is 6.42 Å². The lowest BCUT2D eigenvalue weighted by Crippen LogP contribution is -2.25. The summed E-state index contributed by atoms with van der Waals surface area (Å²) in [5.41, 5.74) is 1.78. The largest absolute Gasteiger partial charge is 0.497 e. The molecule has 0 atom stereocenters. The van der Waals surface area contributed by atoms with Crippen LogP contribution in [-0.4, -0.2) is 31.7 Å². The first-order valence-corrected chi connectivity index (χ1v) is 9.82. The van der Waals surface area contributed by atoms with Gasteiger partial charge >= 0.3 is 0 Å². The minimum absolute atomic E-state index is 0.0877. The predicted octanol–water partition coefficient (Wildman–Crippen LogP) is 4.17. The fourth-order valence-corrected chi connectivity index (χ4v) is 4.34. The van der Waals surface area contributed by atoms with Gasteiger partial charge in [-0.3, -0.25) is 4.79 Å². The summed E-state index contributed by atoms with van der Waals surface area (Å²) in [5.74, 6) is 1.42. The van der Waals surface area contributed by atoms with Crippen LogP contribution in [0.5, 0.6) is 11.5 Å². The predicted molar refractivity (Wildman–Crippen MR) is 106 cm³/mol. The van der Waals surface area contributed by atoms with E-state index >= 15 is 0 Å². The molecule has 0 unspecified atom stereocenters. The van der Waals surface area contributed by atoms with Crippen molar-refractivity contribution < 1.29 is 14.3 Å². The Morgan fingerprint density at radius 2 is 2.08 bits per heavy atom. The summed E-state index contributed by atoms with van der Waals surface area (Å²) < 4.78 is 10.6. The Kier molecular flexibility index (Phi) is 5.90. The van der Waals surface area contributed by atoms with E-state index in [0.717, 1.165) is 32.6 Å². The molecule has 2 heterocycles. The highest BCUT2D eigenvalue weighted by Gasteiger charge is 2.16. The number of thiazole rings is 1. The first-order chi connectivity index (χ1) is 12.6. The molecule has 2 aromatic heterocycles. The zero-order valence-electron chi connectivity index (χ0n) is 14.9. The number of rotatable bonds is 7. The van der Waals surface area contributed by atoms with Gasteiger partial charge < -0.3 is 14.8 Å². The third kappa shape index (κ3) is 4.05. The molecule has 1 N–H and O–H groups in total. The van der Waals surface area contributed by atoms with Crippen molar-refractivity contribution in [1.82, 2.24) is 10.3 Å². The molecule has 3 aromatic rings. The summed E-state index contributed by atoms with van der Waals surface area (Å²) in [4.78, 5) is 18.8. The van der Waals surface area contributed by atoms with Crippen LogP contribution in [0.1, 0.15) is 20.9 Å². The number of amides is 1. The topological polar surface area (TPSA) is 60.5 Å². The fourth-order valence-electron chi connectivity index (χ4n) is 2.56. The summed E-state index contributed by atoms with van der Waals surface area (Å²) in [5, 5.41) is 5.87. The number of ether oxygens (including phenoxy) is 2. The van der Waals surface area contributed by atoms with E-state index < -0.39 is 0 Å². The van der Waals surface area contributed by atoms with Gasteiger partial charge in [-0.2, -0.15) is 0 Å². The number of benzene rings is 1. The Morgan fingerprint density at radius 1 is 1.23 bits per heavy atom. The monoisotopic (exact) mass is 388 g/mol. The van der Waals surface area contributed by atoms with E-state index in [4.69, 9.17) is 9.47 Å². The molecule has 1 aromatic carbocycles. The van der Waals surface area contributed by atoms with Gasteiger partial charge in [0.2, 0.25) is 0 Å². The molecule has 0 bridgehead atoms. The number of aryl methyl sites for hydroxylation is 1. The highest BCUT2D eigenvalue weighted by Crippen LogP contribution is 2.31. The molecule has 0 saturated carbocycles. The lowest BCUT2D eigenvalue weighted by molar-refractivity contribution is 0.0957. The van der Waals surface area contributed by atoms with Crippen molar-refractivity contribution in [3.8, 4) is 21.4 Å². The van der Waals surface area contributed by atoms with E-state index in [-0.39, 0.29) is 5.91 Å². The number of nitrogens with one attached hydrogen (secondary N) is 1. The minimum atomic E-state index is -0.0877. The van der Waals surface area contributed by atoms with Crippen LogP contribution in [0.15, 0.2) is 35.7 Å². The number of hydrogen-bond acceptors (Lipinski definition) is 6. The number of methoxy groups -OCH3 is 2. The highest BCUT2D eigenvalue weighted by molar-refractivity contribution is 7.22. The summed E-state index contributed by atoms with van der Waals surface area (Å²) >= 11 is 3.05. The summed E-state index contributed by atoms with van der Waals surface area (Å²) in [6, 6.07) is 9.69. The Balaban J connectivity index is 1.63. The zero-order chi connectivity index (χ0) is 18.5. The Labute approximate surface area is 160 Å². The van der Waals surface area contributed by atoms with Crippen LogP contribution in [0.25, 0.3) is 9.88 Å².